The van der Waals surface area contributed by atoms with Gasteiger partial charge in [-0.15, -0.1) is 0 Å². The lowest BCUT2D eigenvalue weighted by molar-refractivity contribution is 0.0759. The maximum atomic E-state index is 5.79. The van der Waals surface area contributed by atoms with Crippen LogP contribution in [-0.2, 0) is 11.3 Å². The molecule has 0 bridgehead atoms. The molecule has 0 saturated heterocycles. The largest absolute Gasteiger partial charge is 0.490 e. The highest BCUT2D eigenvalue weighted by molar-refractivity contribution is 5.47. The van der Waals surface area contributed by atoms with Crippen LogP contribution in [0.4, 0.5) is 0 Å². The zero-order valence-electron chi connectivity index (χ0n) is 11.8. The molecule has 0 fully saturated rings. The number of fused-ring (bicyclic) bond motifs is 1. The van der Waals surface area contributed by atoms with Crippen molar-refractivity contribution in [1.82, 2.24) is 5.32 Å². The van der Waals surface area contributed by atoms with Crippen LogP contribution in [0.1, 0.15) is 25.8 Å². The number of benzene rings is 1. The third-order valence-electron chi connectivity index (χ3n) is 3.05. The Morgan fingerprint density at radius 2 is 2.16 bits per heavy atom. The lowest BCUT2D eigenvalue weighted by atomic mass is 10.2. The molecule has 4 heteroatoms. The number of nitrogens with one attached hydrogen (secondary N) is 1. The smallest absolute Gasteiger partial charge is 0.165 e. The van der Waals surface area contributed by atoms with Crippen LogP contribution in [0.3, 0.4) is 0 Å². The first kappa shape index (κ1) is 14.2. The van der Waals surface area contributed by atoms with E-state index >= 15 is 0 Å². The highest BCUT2D eigenvalue weighted by Crippen LogP contribution is 2.33. The fourth-order valence-electron chi connectivity index (χ4n) is 2.15. The van der Waals surface area contributed by atoms with Crippen LogP contribution in [0.5, 0.6) is 11.5 Å². The maximum Gasteiger partial charge on any atom is 0.165 e. The van der Waals surface area contributed by atoms with E-state index in [9.17, 15) is 0 Å². The first-order valence-electron chi connectivity index (χ1n) is 7.01. The van der Waals surface area contributed by atoms with Gasteiger partial charge in [0.05, 0.1) is 19.3 Å². The Bertz CT molecular complexity index is 395. The van der Waals surface area contributed by atoms with Crippen molar-refractivity contribution in [1.29, 1.82) is 0 Å². The first-order chi connectivity index (χ1) is 9.31. The highest BCUT2D eigenvalue weighted by Gasteiger charge is 2.14. The van der Waals surface area contributed by atoms with E-state index in [-0.39, 0.29) is 6.10 Å². The summed E-state index contributed by atoms with van der Waals surface area (Å²) in [7, 11) is 0. The Labute approximate surface area is 115 Å². The van der Waals surface area contributed by atoms with Crippen LogP contribution in [0.2, 0.25) is 0 Å². The molecule has 1 aliphatic rings. The van der Waals surface area contributed by atoms with Crippen molar-refractivity contribution in [2.24, 2.45) is 0 Å². The Balaban J connectivity index is 1.93. The Morgan fingerprint density at radius 3 is 3.00 bits per heavy atom. The highest BCUT2D eigenvalue weighted by atomic mass is 16.5. The number of hydrogen-bond donors (Lipinski definition) is 1. The molecule has 1 atom stereocenters. The van der Waals surface area contributed by atoms with E-state index in [1.165, 1.54) is 0 Å². The molecule has 1 heterocycles. The Hall–Kier alpha value is -1.26. The van der Waals surface area contributed by atoms with Gasteiger partial charge in [0.25, 0.3) is 0 Å². The van der Waals surface area contributed by atoms with Crippen molar-refractivity contribution in [3.05, 3.63) is 23.8 Å². The second-order valence-corrected chi connectivity index (χ2v) is 4.69. The summed E-state index contributed by atoms with van der Waals surface area (Å²) in [4.78, 5) is 0. The summed E-state index contributed by atoms with van der Waals surface area (Å²) in [5.74, 6) is 1.74. The maximum absolute atomic E-state index is 5.79. The van der Waals surface area contributed by atoms with Gasteiger partial charge >= 0.3 is 0 Å². The number of para-hydroxylation sites is 1. The van der Waals surface area contributed by atoms with Crippen molar-refractivity contribution in [3.8, 4) is 11.5 Å². The van der Waals surface area contributed by atoms with Gasteiger partial charge in [-0.3, -0.25) is 0 Å². The van der Waals surface area contributed by atoms with Gasteiger partial charge in [0, 0.05) is 31.7 Å². The summed E-state index contributed by atoms with van der Waals surface area (Å²) < 4.78 is 17.0. The summed E-state index contributed by atoms with van der Waals surface area (Å²) in [5.41, 5.74) is 1.14. The van der Waals surface area contributed by atoms with Crippen molar-refractivity contribution < 1.29 is 14.2 Å². The molecule has 0 saturated carbocycles. The molecule has 0 radical (unpaired) electrons. The molecule has 0 spiro atoms. The quantitative estimate of drug-likeness (QED) is 0.857. The van der Waals surface area contributed by atoms with Gasteiger partial charge in [0.15, 0.2) is 11.5 Å². The SMILES string of the molecule is CCOC(C)CNCc1cccc2c1OCCCO2. The zero-order chi connectivity index (χ0) is 13.5. The summed E-state index contributed by atoms with van der Waals surface area (Å²) in [6.07, 6.45) is 1.16. The average molecular weight is 265 g/mol. The molecule has 1 aromatic rings. The van der Waals surface area contributed by atoms with Gasteiger partial charge in [0.2, 0.25) is 0 Å². The van der Waals surface area contributed by atoms with E-state index in [2.05, 4.69) is 18.3 Å². The van der Waals surface area contributed by atoms with Gasteiger partial charge in [-0.25, -0.2) is 0 Å². The summed E-state index contributed by atoms with van der Waals surface area (Å²) in [5, 5.41) is 3.40. The van der Waals surface area contributed by atoms with Crippen molar-refractivity contribution in [3.63, 3.8) is 0 Å². The second kappa shape index (κ2) is 7.36. The van der Waals surface area contributed by atoms with Crippen molar-refractivity contribution >= 4 is 0 Å². The third-order valence-corrected chi connectivity index (χ3v) is 3.05. The van der Waals surface area contributed by atoms with Crippen LogP contribution in [0, 0.1) is 0 Å². The van der Waals surface area contributed by atoms with Crippen LogP contribution in [0.25, 0.3) is 0 Å². The zero-order valence-corrected chi connectivity index (χ0v) is 11.8. The minimum Gasteiger partial charge on any atom is -0.490 e. The van der Waals surface area contributed by atoms with Crippen LogP contribution >= 0.6 is 0 Å². The lowest BCUT2D eigenvalue weighted by Gasteiger charge is -2.15. The normalized spacial score (nSPS) is 15.9. The van der Waals surface area contributed by atoms with E-state index < -0.39 is 0 Å². The van der Waals surface area contributed by atoms with Crippen LogP contribution in [-0.4, -0.2) is 32.5 Å². The van der Waals surface area contributed by atoms with Crippen molar-refractivity contribution in [2.45, 2.75) is 32.9 Å². The molecule has 1 N–H and O–H groups in total. The van der Waals surface area contributed by atoms with Gasteiger partial charge in [-0.05, 0) is 19.9 Å². The van der Waals surface area contributed by atoms with Gasteiger partial charge in [0.1, 0.15) is 0 Å². The van der Waals surface area contributed by atoms with E-state index in [4.69, 9.17) is 14.2 Å². The molecule has 19 heavy (non-hydrogen) atoms. The predicted octanol–water partition coefficient (Wildman–Crippen LogP) is 2.36. The Kier molecular flexibility index (Phi) is 5.48. The molecule has 106 valence electrons. The van der Waals surface area contributed by atoms with Gasteiger partial charge < -0.3 is 19.5 Å². The molecular formula is C15H23NO3. The van der Waals surface area contributed by atoms with E-state index in [0.717, 1.165) is 56.4 Å². The number of rotatable bonds is 6. The molecule has 0 aromatic heterocycles. The van der Waals surface area contributed by atoms with E-state index in [1.54, 1.807) is 0 Å². The summed E-state index contributed by atoms with van der Waals surface area (Å²) in [6, 6.07) is 6.05. The fraction of sp³-hybridized carbons (Fsp3) is 0.600. The molecule has 0 amide bonds. The standard InChI is InChI=1S/C15H23NO3/c1-3-17-12(2)10-16-11-13-6-4-7-14-15(13)19-9-5-8-18-14/h4,6-7,12,16H,3,5,8-11H2,1-2H3. The molecule has 1 aromatic carbocycles. The third kappa shape index (κ3) is 4.11. The minimum absolute atomic E-state index is 0.226. The Morgan fingerprint density at radius 1 is 1.32 bits per heavy atom. The predicted molar refractivity (Wildman–Crippen MR) is 74.8 cm³/mol. The van der Waals surface area contributed by atoms with E-state index in [0.29, 0.717) is 0 Å². The minimum atomic E-state index is 0.226. The molecule has 4 nitrogen and oxygen atoms in total. The molecule has 1 unspecified atom stereocenters. The van der Waals surface area contributed by atoms with Crippen LogP contribution in [0.15, 0.2) is 18.2 Å². The number of hydrogen-bond acceptors (Lipinski definition) is 4. The second-order valence-electron chi connectivity index (χ2n) is 4.69. The monoisotopic (exact) mass is 265 g/mol. The average Bonchev–Trinajstić information content (AvgIpc) is 2.65. The molecular weight excluding hydrogens is 242 g/mol. The first-order valence-corrected chi connectivity index (χ1v) is 7.01. The molecule has 1 aliphatic heterocycles. The van der Waals surface area contributed by atoms with Gasteiger partial charge in [-0.2, -0.15) is 0 Å². The summed E-state index contributed by atoms with van der Waals surface area (Å²) >= 11 is 0. The molecule has 0 aliphatic carbocycles. The van der Waals surface area contributed by atoms with Crippen molar-refractivity contribution in [2.75, 3.05) is 26.4 Å². The van der Waals surface area contributed by atoms with Gasteiger partial charge in [-0.1, -0.05) is 12.1 Å². The number of ether oxygens (including phenoxy) is 3. The summed E-state index contributed by atoms with van der Waals surface area (Å²) in [6.45, 7) is 7.88. The fourth-order valence-corrected chi connectivity index (χ4v) is 2.15. The molecule has 2 rings (SSSR count). The van der Waals surface area contributed by atoms with E-state index in [1.807, 2.05) is 19.1 Å². The topological polar surface area (TPSA) is 39.7 Å². The lowest BCUT2D eigenvalue weighted by Crippen LogP contribution is -2.26. The van der Waals surface area contributed by atoms with Crippen LogP contribution < -0.4 is 14.8 Å².